The lowest BCUT2D eigenvalue weighted by molar-refractivity contribution is 1.10. The third-order valence-corrected chi connectivity index (χ3v) is 4.29. The standard InChI is InChI=1S/C12H8BrClN4S/c13-6-1-2-7(9(14)3-6)10-5-19-12(17-10)8-4-16-18-11(8)15/h1-5H,(H3,15,16,18). The van der Waals surface area contributed by atoms with Crippen molar-refractivity contribution in [2.45, 2.75) is 0 Å². The molecule has 0 atom stereocenters. The predicted octanol–water partition coefficient (Wildman–Crippen LogP) is 4.20. The van der Waals surface area contributed by atoms with Crippen molar-refractivity contribution in [1.82, 2.24) is 15.2 Å². The molecular weight excluding hydrogens is 348 g/mol. The van der Waals surface area contributed by atoms with Crippen LogP contribution in [0.5, 0.6) is 0 Å². The predicted molar refractivity (Wildman–Crippen MR) is 82.3 cm³/mol. The fraction of sp³-hybridized carbons (Fsp3) is 0. The lowest BCUT2D eigenvalue weighted by Crippen LogP contribution is -1.87. The molecule has 0 aliphatic heterocycles. The molecule has 0 bridgehead atoms. The Bertz CT molecular complexity index is 737. The van der Waals surface area contributed by atoms with Crippen LogP contribution in [0.15, 0.2) is 34.2 Å². The van der Waals surface area contributed by atoms with Crippen LogP contribution in [0, 0.1) is 0 Å². The van der Waals surface area contributed by atoms with Crippen LogP contribution in [0.1, 0.15) is 0 Å². The zero-order chi connectivity index (χ0) is 13.4. The molecule has 7 heteroatoms. The summed E-state index contributed by atoms with van der Waals surface area (Å²) >= 11 is 11.1. The summed E-state index contributed by atoms with van der Waals surface area (Å²) in [5, 5.41) is 10.0. The Kier molecular flexibility index (Phi) is 3.30. The van der Waals surface area contributed by atoms with Crippen LogP contribution in [-0.2, 0) is 0 Å². The van der Waals surface area contributed by atoms with Gasteiger partial charge in [-0.25, -0.2) is 4.98 Å². The Labute approximate surface area is 126 Å². The van der Waals surface area contributed by atoms with E-state index in [1.165, 1.54) is 11.3 Å². The highest BCUT2D eigenvalue weighted by Gasteiger charge is 2.12. The monoisotopic (exact) mass is 354 g/mol. The van der Waals surface area contributed by atoms with Crippen molar-refractivity contribution in [1.29, 1.82) is 0 Å². The first kappa shape index (κ1) is 12.7. The molecule has 0 aliphatic carbocycles. The molecule has 2 heterocycles. The molecule has 0 amide bonds. The van der Waals surface area contributed by atoms with Gasteiger partial charge in [-0.1, -0.05) is 33.6 Å². The minimum atomic E-state index is 0.516. The molecule has 0 radical (unpaired) electrons. The molecule has 0 unspecified atom stereocenters. The van der Waals surface area contributed by atoms with Gasteiger partial charge in [-0.2, -0.15) is 5.10 Å². The molecule has 0 spiro atoms. The average molecular weight is 356 g/mol. The topological polar surface area (TPSA) is 67.6 Å². The Morgan fingerprint density at radius 2 is 2.16 bits per heavy atom. The number of rotatable bonds is 2. The molecule has 19 heavy (non-hydrogen) atoms. The van der Waals surface area contributed by atoms with Crippen LogP contribution >= 0.6 is 38.9 Å². The van der Waals surface area contributed by atoms with Crippen molar-refractivity contribution in [2.75, 3.05) is 5.73 Å². The number of aromatic nitrogens is 3. The first-order chi connectivity index (χ1) is 9.15. The first-order valence-corrected chi connectivity index (χ1v) is 7.40. The van der Waals surface area contributed by atoms with E-state index < -0.39 is 0 Å². The summed E-state index contributed by atoms with van der Waals surface area (Å²) in [5.41, 5.74) is 8.33. The van der Waals surface area contributed by atoms with Gasteiger partial charge in [-0.05, 0) is 12.1 Å². The van der Waals surface area contributed by atoms with E-state index in [9.17, 15) is 0 Å². The quantitative estimate of drug-likeness (QED) is 0.724. The molecule has 96 valence electrons. The number of H-pyrrole nitrogens is 1. The van der Waals surface area contributed by atoms with E-state index >= 15 is 0 Å². The molecule has 0 fully saturated rings. The van der Waals surface area contributed by atoms with Crippen LogP contribution in [0.25, 0.3) is 21.8 Å². The SMILES string of the molecule is Nc1[nH]ncc1-c1nc(-c2ccc(Br)cc2Cl)cs1. The van der Waals surface area contributed by atoms with Gasteiger partial charge in [-0.3, -0.25) is 5.10 Å². The summed E-state index contributed by atoms with van der Waals surface area (Å²) < 4.78 is 0.941. The van der Waals surface area contributed by atoms with E-state index in [4.69, 9.17) is 17.3 Å². The second-order valence-electron chi connectivity index (χ2n) is 3.86. The maximum absolute atomic E-state index is 6.22. The van der Waals surface area contributed by atoms with Crippen molar-refractivity contribution in [3.8, 4) is 21.8 Å². The Morgan fingerprint density at radius 3 is 2.84 bits per heavy atom. The fourth-order valence-electron chi connectivity index (χ4n) is 1.68. The molecule has 4 nitrogen and oxygen atoms in total. The van der Waals surface area contributed by atoms with E-state index in [1.54, 1.807) is 6.20 Å². The van der Waals surface area contributed by atoms with Crippen LogP contribution in [0.3, 0.4) is 0 Å². The normalized spacial score (nSPS) is 10.8. The van der Waals surface area contributed by atoms with Crippen LogP contribution in [0.4, 0.5) is 5.82 Å². The lowest BCUT2D eigenvalue weighted by Gasteiger charge is -2.00. The number of aromatic amines is 1. The largest absolute Gasteiger partial charge is 0.383 e. The number of nitrogen functional groups attached to an aromatic ring is 1. The van der Waals surface area contributed by atoms with Gasteiger partial charge < -0.3 is 5.73 Å². The number of halogens is 2. The van der Waals surface area contributed by atoms with Gasteiger partial charge in [0.05, 0.1) is 22.5 Å². The van der Waals surface area contributed by atoms with Crippen LogP contribution in [-0.4, -0.2) is 15.2 Å². The Morgan fingerprint density at radius 1 is 1.32 bits per heavy atom. The van der Waals surface area contributed by atoms with Crippen molar-refractivity contribution in [3.05, 3.63) is 39.3 Å². The summed E-state index contributed by atoms with van der Waals surface area (Å²) in [6.45, 7) is 0. The Hall–Kier alpha value is -1.37. The Balaban J connectivity index is 2.04. The lowest BCUT2D eigenvalue weighted by atomic mass is 10.2. The van der Waals surface area contributed by atoms with Gasteiger partial charge in [-0.15, -0.1) is 11.3 Å². The maximum Gasteiger partial charge on any atom is 0.129 e. The summed E-state index contributed by atoms with van der Waals surface area (Å²) in [6.07, 6.45) is 1.67. The highest BCUT2D eigenvalue weighted by molar-refractivity contribution is 9.10. The third-order valence-electron chi connectivity index (χ3n) is 2.61. The van der Waals surface area contributed by atoms with Crippen LogP contribution in [0.2, 0.25) is 5.02 Å². The fourth-order valence-corrected chi connectivity index (χ4v) is 3.30. The van der Waals surface area contributed by atoms with Crippen molar-refractivity contribution < 1.29 is 0 Å². The zero-order valence-corrected chi connectivity index (χ0v) is 12.7. The molecule has 2 aromatic heterocycles. The van der Waals surface area contributed by atoms with Gasteiger partial charge >= 0.3 is 0 Å². The summed E-state index contributed by atoms with van der Waals surface area (Å²) in [7, 11) is 0. The maximum atomic E-state index is 6.22. The first-order valence-electron chi connectivity index (χ1n) is 5.35. The van der Waals surface area contributed by atoms with Gasteiger partial charge in [0.15, 0.2) is 0 Å². The molecule has 3 aromatic rings. The molecule has 1 aromatic carbocycles. The minimum absolute atomic E-state index is 0.516. The van der Waals surface area contributed by atoms with Gasteiger partial charge in [0, 0.05) is 15.4 Å². The van der Waals surface area contributed by atoms with E-state index in [0.29, 0.717) is 10.8 Å². The minimum Gasteiger partial charge on any atom is -0.383 e. The van der Waals surface area contributed by atoms with Crippen LogP contribution < -0.4 is 5.73 Å². The summed E-state index contributed by atoms with van der Waals surface area (Å²) in [4.78, 5) is 4.55. The number of anilines is 1. The highest BCUT2D eigenvalue weighted by atomic mass is 79.9. The molecule has 3 rings (SSSR count). The number of hydrogen-bond donors (Lipinski definition) is 2. The number of nitrogens with zero attached hydrogens (tertiary/aromatic N) is 2. The molecule has 0 aliphatic rings. The second-order valence-corrected chi connectivity index (χ2v) is 6.04. The second kappa shape index (κ2) is 4.96. The number of hydrogen-bond acceptors (Lipinski definition) is 4. The smallest absolute Gasteiger partial charge is 0.129 e. The summed E-state index contributed by atoms with van der Waals surface area (Å²) in [5.74, 6) is 0.516. The third kappa shape index (κ3) is 2.39. The highest BCUT2D eigenvalue weighted by Crippen LogP contribution is 2.34. The average Bonchev–Trinajstić information content (AvgIpc) is 2.97. The molecule has 0 saturated carbocycles. The van der Waals surface area contributed by atoms with Gasteiger partial charge in [0.25, 0.3) is 0 Å². The van der Waals surface area contributed by atoms with Gasteiger partial charge in [0.1, 0.15) is 10.8 Å². The zero-order valence-electron chi connectivity index (χ0n) is 9.52. The van der Waals surface area contributed by atoms with E-state index in [-0.39, 0.29) is 0 Å². The number of nitrogens with one attached hydrogen (secondary N) is 1. The van der Waals surface area contributed by atoms with Crippen molar-refractivity contribution >= 4 is 44.7 Å². The van der Waals surface area contributed by atoms with Crippen molar-refractivity contribution in [2.24, 2.45) is 0 Å². The number of thiazole rings is 1. The molecule has 0 saturated heterocycles. The van der Waals surface area contributed by atoms with E-state index in [1.807, 2.05) is 23.6 Å². The van der Waals surface area contributed by atoms with Gasteiger partial charge in [0.2, 0.25) is 0 Å². The molecular formula is C12H8BrClN4S. The summed E-state index contributed by atoms with van der Waals surface area (Å²) in [6, 6.07) is 5.72. The van der Waals surface area contributed by atoms with E-state index in [2.05, 4.69) is 31.1 Å². The molecule has 3 N–H and O–H groups in total. The van der Waals surface area contributed by atoms with E-state index in [0.717, 1.165) is 26.3 Å². The van der Waals surface area contributed by atoms with Crippen molar-refractivity contribution in [3.63, 3.8) is 0 Å². The number of benzene rings is 1. The number of nitrogens with two attached hydrogens (primary N) is 1.